The normalized spacial score (nSPS) is 10.3. The topological polar surface area (TPSA) is 41.9 Å². The molecule has 0 N–H and O–H groups in total. The molecule has 0 amide bonds. The van der Waals surface area contributed by atoms with Crippen LogP contribution in [-0.4, -0.2) is 22.2 Å². The Hall–Kier alpha value is -1.01. The van der Waals surface area contributed by atoms with Crippen LogP contribution in [0.5, 0.6) is 0 Å². The summed E-state index contributed by atoms with van der Waals surface area (Å²) in [5, 5.41) is 8.86. The molecule has 0 atom stereocenters. The highest BCUT2D eigenvalue weighted by molar-refractivity contribution is 9.11. The van der Waals surface area contributed by atoms with E-state index >= 15 is 0 Å². The molecule has 0 spiro atoms. The van der Waals surface area contributed by atoms with E-state index in [0.717, 1.165) is 15.6 Å². The first-order valence-electron chi connectivity index (χ1n) is 4.35. The van der Waals surface area contributed by atoms with Gasteiger partial charge in [0.25, 0.3) is 0 Å². The summed E-state index contributed by atoms with van der Waals surface area (Å²) >= 11 is 4.81. The molecule has 2 heterocycles. The first-order valence-corrected chi connectivity index (χ1v) is 5.95. The zero-order valence-electron chi connectivity index (χ0n) is 8.09. The highest BCUT2D eigenvalue weighted by atomic mass is 79.9. The molecular weight excluding hydrogens is 276 g/mol. The molecule has 0 unspecified atom stereocenters. The number of nitrogens with zero attached hydrogens (tertiary/aromatic N) is 4. The van der Waals surface area contributed by atoms with Crippen LogP contribution in [0.3, 0.4) is 0 Å². The van der Waals surface area contributed by atoms with Crippen LogP contribution in [0, 0.1) is 0 Å². The number of hydrogen-bond acceptors (Lipinski definition) is 5. The molecule has 15 heavy (non-hydrogen) atoms. The molecule has 0 radical (unpaired) electrons. The molecule has 0 aliphatic rings. The van der Waals surface area contributed by atoms with Crippen molar-refractivity contribution in [1.29, 1.82) is 0 Å². The van der Waals surface area contributed by atoms with E-state index in [1.807, 2.05) is 19.2 Å². The number of halogens is 1. The van der Waals surface area contributed by atoms with Gasteiger partial charge >= 0.3 is 0 Å². The van der Waals surface area contributed by atoms with E-state index in [1.54, 1.807) is 12.4 Å². The van der Waals surface area contributed by atoms with E-state index in [9.17, 15) is 0 Å². The lowest BCUT2D eigenvalue weighted by atomic mass is 10.2. The van der Waals surface area contributed by atoms with Crippen molar-refractivity contribution in [2.75, 3.05) is 11.9 Å². The first-order chi connectivity index (χ1) is 7.25. The smallest absolute Gasteiger partial charge is 0.209 e. The summed E-state index contributed by atoms with van der Waals surface area (Å²) in [6, 6.07) is 3.99. The van der Waals surface area contributed by atoms with Crippen molar-refractivity contribution in [3.8, 4) is 0 Å². The molecule has 4 nitrogen and oxygen atoms in total. The monoisotopic (exact) mass is 284 g/mol. The van der Waals surface area contributed by atoms with Gasteiger partial charge in [0.05, 0.1) is 0 Å². The highest BCUT2D eigenvalue weighted by Gasteiger charge is 2.07. The van der Waals surface area contributed by atoms with Gasteiger partial charge in [0.15, 0.2) is 3.92 Å². The Morgan fingerprint density at radius 2 is 2.07 bits per heavy atom. The van der Waals surface area contributed by atoms with Gasteiger partial charge in [-0.05, 0) is 33.6 Å². The SMILES string of the molecule is CN(Cc1ccncc1)c1nnc(Br)s1. The second kappa shape index (κ2) is 4.67. The maximum absolute atomic E-state index is 4.04. The second-order valence-electron chi connectivity index (χ2n) is 3.05. The maximum atomic E-state index is 4.04. The van der Waals surface area contributed by atoms with E-state index in [1.165, 1.54) is 16.9 Å². The number of anilines is 1. The lowest BCUT2D eigenvalue weighted by Crippen LogP contribution is -2.15. The van der Waals surface area contributed by atoms with Crippen LogP contribution in [0.25, 0.3) is 0 Å². The van der Waals surface area contributed by atoms with Gasteiger partial charge in [-0.1, -0.05) is 11.3 Å². The first kappa shape index (κ1) is 10.5. The average Bonchev–Trinajstić information content (AvgIpc) is 2.66. The molecule has 2 aromatic heterocycles. The second-order valence-corrected chi connectivity index (χ2v) is 5.28. The van der Waals surface area contributed by atoms with Crippen LogP contribution < -0.4 is 4.90 Å². The van der Waals surface area contributed by atoms with Crippen molar-refractivity contribution >= 4 is 32.4 Å². The maximum Gasteiger partial charge on any atom is 0.209 e. The zero-order chi connectivity index (χ0) is 10.7. The standard InChI is InChI=1S/C9H9BrN4S/c1-14(9-13-12-8(10)15-9)6-7-2-4-11-5-3-7/h2-5H,6H2,1H3. The molecule has 0 aliphatic heterocycles. The highest BCUT2D eigenvalue weighted by Crippen LogP contribution is 2.23. The zero-order valence-corrected chi connectivity index (χ0v) is 10.5. The lowest BCUT2D eigenvalue weighted by molar-refractivity contribution is 0.890. The third kappa shape index (κ3) is 2.73. The summed E-state index contributed by atoms with van der Waals surface area (Å²) in [5.41, 5.74) is 1.21. The summed E-state index contributed by atoms with van der Waals surface area (Å²) in [6.07, 6.45) is 3.58. The minimum absolute atomic E-state index is 0.805. The van der Waals surface area contributed by atoms with Crippen molar-refractivity contribution in [2.24, 2.45) is 0 Å². The lowest BCUT2D eigenvalue weighted by Gasteiger charge is -2.14. The van der Waals surface area contributed by atoms with Gasteiger partial charge in [0.2, 0.25) is 5.13 Å². The quantitative estimate of drug-likeness (QED) is 0.868. The molecule has 0 fully saturated rings. The Balaban J connectivity index is 2.07. The summed E-state index contributed by atoms with van der Waals surface area (Å²) in [5.74, 6) is 0. The minimum atomic E-state index is 0.805. The van der Waals surface area contributed by atoms with Crippen LogP contribution >= 0.6 is 27.3 Å². The third-order valence-electron chi connectivity index (χ3n) is 1.89. The summed E-state index contributed by atoms with van der Waals surface area (Å²) < 4.78 is 0.805. The average molecular weight is 285 g/mol. The van der Waals surface area contributed by atoms with Crippen molar-refractivity contribution in [2.45, 2.75) is 6.54 Å². The fourth-order valence-electron chi connectivity index (χ4n) is 1.18. The molecule has 78 valence electrons. The fraction of sp³-hybridized carbons (Fsp3) is 0.222. The van der Waals surface area contributed by atoms with E-state index in [4.69, 9.17) is 0 Å². The number of rotatable bonds is 3. The molecule has 0 saturated carbocycles. The van der Waals surface area contributed by atoms with Crippen molar-refractivity contribution in [1.82, 2.24) is 15.2 Å². The minimum Gasteiger partial charge on any atom is -0.345 e. The van der Waals surface area contributed by atoms with E-state index < -0.39 is 0 Å². The third-order valence-corrected chi connectivity index (χ3v) is 3.36. The van der Waals surface area contributed by atoms with Crippen LogP contribution in [0.2, 0.25) is 0 Å². The van der Waals surface area contributed by atoms with Gasteiger partial charge in [-0.2, -0.15) is 0 Å². The molecule has 0 aromatic carbocycles. The fourth-order valence-corrected chi connectivity index (χ4v) is 2.23. The Labute approximate surface area is 100 Å². The van der Waals surface area contributed by atoms with Crippen LogP contribution in [-0.2, 0) is 6.54 Å². The van der Waals surface area contributed by atoms with E-state index in [-0.39, 0.29) is 0 Å². The van der Waals surface area contributed by atoms with E-state index in [2.05, 4.69) is 36.0 Å². The number of aromatic nitrogens is 3. The molecule has 0 bridgehead atoms. The van der Waals surface area contributed by atoms with Crippen LogP contribution in [0.4, 0.5) is 5.13 Å². The Morgan fingerprint density at radius 3 is 2.67 bits per heavy atom. The number of hydrogen-bond donors (Lipinski definition) is 0. The van der Waals surface area contributed by atoms with Crippen molar-refractivity contribution < 1.29 is 0 Å². The molecule has 0 aliphatic carbocycles. The molecule has 0 saturated heterocycles. The van der Waals surface area contributed by atoms with Gasteiger partial charge in [0.1, 0.15) is 0 Å². The number of pyridine rings is 1. The summed E-state index contributed by atoms with van der Waals surface area (Å²) in [7, 11) is 1.99. The van der Waals surface area contributed by atoms with Crippen molar-refractivity contribution in [3.63, 3.8) is 0 Å². The van der Waals surface area contributed by atoms with Crippen molar-refractivity contribution in [3.05, 3.63) is 34.0 Å². The molecule has 6 heteroatoms. The van der Waals surface area contributed by atoms with Crippen LogP contribution in [0.15, 0.2) is 28.4 Å². The largest absolute Gasteiger partial charge is 0.345 e. The van der Waals surface area contributed by atoms with Crippen LogP contribution in [0.1, 0.15) is 5.56 Å². The van der Waals surface area contributed by atoms with Gasteiger partial charge in [0, 0.05) is 26.0 Å². The van der Waals surface area contributed by atoms with Gasteiger partial charge in [-0.3, -0.25) is 4.98 Å². The summed E-state index contributed by atoms with van der Waals surface area (Å²) in [4.78, 5) is 6.03. The molecular formula is C9H9BrN4S. The van der Waals surface area contributed by atoms with Gasteiger partial charge in [-0.15, -0.1) is 10.2 Å². The van der Waals surface area contributed by atoms with E-state index in [0.29, 0.717) is 0 Å². The van der Waals surface area contributed by atoms with Gasteiger partial charge < -0.3 is 4.90 Å². The Morgan fingerprint density at radius 1 is 1.33 bits per heavy atom. The predicted molar refractivity (Wildman–Crippen MR) is 64.0 cm³/mol. The van der Waals surface area contributed by atoms with Gasteiger partial charge in [-0.25, -0.2) is 0 Å². The molecule has 2 rings (SSSR count). The predicted octanol–water partition coefficient (Wildman–Crippen LogP) is 2.33. The summed E-state index contributed by atoms with van der Waals surface area (Å²) in [6.45, 7) is 0.810. The Bertz CT molecular complexity index is 431. The molecule has 2 aromatic rings. The Kier molecular flexibility index (Phi) is 3.27.